The fourth-order valence-corrected chi connectivity index (χ4v) is 1.34. The summed E-state index contributed by atoms with van der Waals surface area (Å²) in [5, 5.41) is 10.1. The first-order chi connectivity index (χ1) is 3.43. The Morgan fingerprint density at radius 3 is 3.00 bits per heavy atom. The zero-order chi connectivity index (χ0) is 5.11. The van der Waals surface area contributed by atoms with Crippen LogP contribution >= 0.6 is 0 Å². The first-order valence-electron chi connectivity index (χ1n) is 1.97. The third-order valence-corrected chi connectivity index (χ3v) is 2.82. The number of hydrogen-bond donors (Lipinski definition) is 1. The molecule has 0 aliphatic carbocycles. The van der Waals surface area contributed by atoms with E-state index in [2.05, 4.69) is 20.4 Å². The molecule has 1 aromatic rings. The fourth-order valence-electron chi connectivity index (χ4n) is 0.322. The van der Waals surface area contributed by atoms with Gasteiger partial charge < -0.3 is 0 Å². The zero-order valence-electron chi connectivity index (χ0n) is 3.97. The summed E-state index contributed by atoms with van der Waals surface area (Å²) in [6.45, 7) is 0. The van der Waals surface area contributed by atoms with Gasteiger partial charge in [0.25, 0.3) is 0 Å². The molecule has 1 aromatic heterocycles. The summed E-state index contributed by atoms with van der Waals surface area (Å²) in [7, 11) is 0. The van der Waals surface area contributed by atoms with E-state index in [1.54, 1.807) is 6.20 Å². The van der Waals surface area contributed by atoms with E-state index in [9.17, 15) is 0 Å². The number of nitrogens with one attached hydrogen (secondary N) is 1. The third-order valence-electron chi connectivity index (χ3n) is 0.671. The van der Waals surface area contributed by atoms with Crippen LogP contribution in [0.5, 0.6) is 0 Å². The molecule has 1 N–H and O–H groups in total. The monoisotopic (exact) mass is 203 g/mol. The minimum absolute atomic E-state index is 0.301. The molecule has 0 spiro atoms. The van der Waals surface area contributed by atoms with Crippen molar-refractivity contribution < 1.29 is 0 Å². The maximum absolute atomic E-state index is 3.87. The molecule has 1 rings (SSSR count). The molecule has 0 fully saturated rings. The molecular weight excluding hydrogens is 197 g/mol. The number of aromatic amines is 1. The van der Waals surface area contributed by atoms with Crippen LogP contribution in [0.2, 0.25) is 4.94 Å². The second kappa shape index (κ2) is 2.30. The average Bonchev–Trinajstić information content (AvgIpc) is 2.14. The van der Waals surface area contributed by atoms with E-state index in [-0.39, 0.29) is 21.1 Å². The van der Waals surface area contributed by atoms with Gasteiger partial charge in [0.2, 0.25) is 0 Å². The van der Waals surface area contributed by atoms with E-state index in [0.29, 0.717) is 0 Å². The van der Waals surface area contributed by atoms with Crippen molar-refractivity contribution in [3.63, 3.8) is 0 Å². The molecule has 0 atom stereocenters. The van der Waals surface area contributed by atoms with Crippen LogP contribution in [0.4, 0.5) is 0 Å². The van der Waals surface area contributed by atoms with Crippen LogP contribution in [-0.2, 0) is 0 Å². The van der Waals surface area contributed by atoms with Crippen LogP contribution < -0.4 is 3.71 Å². The normalized spacial score (nSPS) is 9.29. The minimum atomic E-state index is -0.301. The summed E-state index contributed by atoms with van der Waals surface area (Å²) < 4.78 is 1.18. The Kier molecular flexibility index (Phi) is 1.67. The molecule has 0 bridgehead atoms. The summed E-state index contributed by atoms with van der Waals surface area (Å²) in [5.74, 6) is 0. The molecule has 0 unspecified atom stereocenters. The second-order valence-corrected chi connectivity index (χ2v) is 3.99. The van der Waals surface area contributed by atoms with Crippen LogP contribution in [0.3, 0.4) is 0 Å². The number of aromatic nitrogens is 3. The van der Waals surface area contributed by atoms with E-state index in [1.165, 1.54) is 3.71 Å². The van der Waals surface area contributed by atoms with E-state index in [4.69, 9.17) is 0 Å². The fraction of sp³-hybridized carbons (Fsp3) is 0.333. The molecular formula is C3H5N3Sn. The van der Waals surface area contributed by atoms with Crippen LogP contribution in [0.1, 0.15) is 0 Å². The third kappa shape index (κ3) is 1.15. The molecule has 4 heteroatoms. The first kappa shape index (κ1) is 5.08. The van der Waals surface area contributed by atoms with Gasteiger partial charge in [-0.15, -0.1) is 0 Å². The Morgan fingerprint density at radius 1 is 1.86 bits per heavy atom. The summed E-state index contributed by atoms with van der Waals surface area (Å²) in [5.41, 5.74) is 0. The molecule has 7 heavy (non-hydrogen) atoms. The Morgan fingerprint density at radius 2 is 2.71 bits per heavy atom. The number of rotatable bonds is 1. The van der Waals surface area contributed by atoms with Gasteiger partial charge in [-0.1, -0.05) is 0 Å². The van der Waals surface area contributed by atoms with Gasteiger partial charge in [0.15, 0.2) is 0 Å². The Labute approximate surface area is 51.7 Å². The van der Waals surface area contributed by atoms with Crippen molar-refractivity contribution in [3.8, 4) is 0 Å². The summed E-state index contributed by atoms with van der Waals surface area (Å²) in [6.07, 6.45) is 1.80. The van der Waals surface area contributed by atoms with Crippen molar-refractivity contribution in [2.45, 2.75) is 4.94 Å². The van der Waals surface area contributed by atoms with Crippen molar-refractivity contribution in [2.75, 3.05) is 0 Å². The molecule has 2 radical (unpaired) electrons. The number of nitrogens with zero attached hydrogens (tertiary/aromatic N) is 2. The van der Waals surface area contributed by atoms with E-state index >= 15 is 0 Å². The molecule has 0 amide bonds. The van der Waals surface area contributed by atoms with Gasteiger partial charge in [-0.2, -0.15) is 0 Å². The summed E-state index contributed by atoms with van der Waals surface area (Å²) in [4.78, 5) is 2.21. The second-order valence-electron chi connectivity index (χ2n) is 1.11. The summed E-state index contributed by atoms with van der Waals surface area (Å²) >= 11 is -0.301. The van der Waals surface area contributed by atoms with Gasteiger partial charge in [-0.25, -0.2) is 0 Å². The van der Waals surface area contributed by atoms with Crippen LogP contribution in [0.25, 0.3) is 0 Å². The van der Waals surface area contributed by atoms with Crippen LogP contribution in [0.15, 0.2) is 6.20 Å². The molecule has 3 nitrogen and oxygen atoms in total. The predicted molar refractivity (Wildman–Crippen MR) is 27.6 cm³/mol. The van der Waals surface area contributed by atoms with E-state index in [1.807, 2.05) is 0 Å². The first-order valence-corrected chi connectivity index (χ1v) is 6.25. The van der Waals surface area contributed by atoms with Gasteiger partial charge in [0.05, 0.1) is 0 Å². The molecule has 36 valence electrons. The molecule has 1 heterocycles. The van der Waals surface area contributed by atoms with Crippen molar-refractivity contribution in [1.29, 1.82) is 0 Å². The Bertz CT molecular complexity index is 125. The van der Waals surface area contributed by atoms with Gasteiger partial charge in [0.1, 0.15) is 0 Å². The van der Waals surface area contributed by atoms with Crippen molar-refractivity contribution in [3.05, 3.63) is 6.20 Å². The molecule has 0 saturated heterocycles. The average molecular weight is 202 g/mol. The number of hydrogen-bond acceptors (Lipinski definition) is 2. The van der Waals surface area contributed by atoms with Crippen LogP contribution in [0, 0.1) is 0 Å². The molecule has 0 aliphatic heterocycles. The predicted octanol–water partition coefficient (Wildman–Crippen LogP) is -0.818. The van der Waals surface area contributed by atoms with E-state index in [0.717, 1.165) is 0 Å². The topological polar surface area (TPSA) is 41.6 Å². The van der Waals surface area contributed by atoms with E-state index < -0.39 is 0 Å². The zero-order valence-corrected chi connectivity index (χ0v) is 6.83. The Balaban J connectivity index is 2.76. The van der Waals surface area contributed by atoms with Crippen LogP contribution in [-0.4, -0.2) is 36.6 Å². The SMILES string of the molecule is [CH3][Sn][c]1cn[nH]n1. The van der Waals surface area contributed by atoms with Crippen molar-refractivity contribution in [2.24, 2.45) is 0 Å². The maximum atomic E-state index is 3.87. The molecule has 0 saturated carbocycles. The van der Waals surface area contributed by atoms with Crippen molar-refractivity contribution in [1.82, 2.24) is 15.4 Å². The molecule has 0 aromatic carbocycles. The summed E-state index contributed by atoms with van der Waals surface area (Å²) in [6, 6.07) is 0. The van der Waals surface area contributed by atoms with Gasteiger partial charge in [0, 0.05) is 0 Å². The Hall–Kier alpha value is -0.0613. The quantitative estimate of drug-likeness (QED) is 0.604. The van der Waals surface area contributed by atoms with Gasteiger partial charge in [-0.3, -0.25) is 0 Å². The molecule has 0 aliphatic rings. The van der Waals surface area contributed by atoms with Gasteiger partial charge in [-0.05, 0) is 0 Å². The standard InChI is InChI=1S/C2H2N3.CH3.Sn/c1-2-4-5-3-1;;/h1H,(H,3,4,5);1H3;. The van der Waals surface area contributed by atoms with Gasteiger partial charge >= 0.3 is 51.4 Å². The van der Waals surface area contributed by atoms with Crippen molar-refractivity contribution >= 4 is 24.9 Å². The number of H-pyrrole nitrogens is 1.